The van der Waals surface area contributed by atoms with Crippen LogP contribution in [0.25, 0.3) is 27.7 Å². The normalized spacial score (nSPS) is 12.5. The van der Waals surface area contributed by atoms with Gasteiger partial charge in [0.25, 0.3) is 0 Å². The molecular weight excluding hydrogens is 376 g/mol. The number of fused-ring (bicyclic) bond motifs is 3. The molecule has 146 valence electrons. The quantitative estimate of drug-likeness (QED) is 0.470. The Kier molecular flexibility index (Phi) is 3.81. The first kappa shape index (κ1) is 16.9. The van der Waals surface area contributed by atoms with Crippen molar-refractivity contribution in [2.75, 3.05) is 12.1 Å². The van der Waals surface area contributed by atoms with Gasteiger partial charge in [0.05, 0.1) is 11.9 Å². The lowest BCUT2D eigenvalue weighted by Crippen LogP contribution is -2.04. The van der Waals surface area contributed by atoms with E-state index in [4.69, 9.17) is 14.6 Å². The standard InChI is InChI=1S/C24H18N4O2/c1-2-6-18-17(4-1)5-3-7-19(18)20-14-26-24-11-10-23(27-28(20)24)25-13-16-8-9-21-22(12-16)30-15-29-21/h1-12,14H,13,15H2,(H,25,27). The van der Waals surface area contributed by atoms with Gasteiger partial charge in [0.1, 0.15) is 5.82 Å². The molecule has 6 nitrogen and oxygen atoms in total. The van der Waals surface area contributed by atoms with Crippen LogP contribution in [-0.4, -0.2) is 21.4 Å². The average Bonchev–Trinajstić information content (AvgIpc) is 3.43. The molecule has 1 aliphatic heterocycles. The molecule has 0 amide bonds. The summed E-state index contributed by atoms with van der Waals surface area (Å²) < 4.78 is 12.7. The van der Waals surface area contributed by atoms with Gasteiger partial charge in [-0.2, -0.15) is 0 Å². The smallest absolute Gasteiger partial charge is 0.231 e. The first-order valence-corrected chi connectivity index (χ1v) is 9.80. The molecule has 0 saturated carbocycles. The van der Waals surface area contributed by atoms with Gasteiger partial charge in [-0.25, -0.2) is 9.50 Å². The van der Waals surface area contributed by atoms with Gasteiger partial charge >= 0.3 is 0 Å². The number of imidazole rings is 1. The Morgan fingerprint density at radius 2 is 1.80 bits per heavy atom. The lowest BCUT2D eigenvalue weighted by atomic mass is 10.0. The number of ether oxygens (including phenoxy) is 2. The summed E-state index contributed by atoms with van der Waals surface area (Å²) in [6.45, 7) is 0.912. The lowest BCUT2D eigenvalue weighted by Gasteiger charge is -2.09. The second-order valence-corrected chi connectivity index (χ2v) is 7.20. The maximum Gasteiger partial charge on any atom is 0.231 e. The third kappa shape index (κ3) is 2.81. The average molecular weight is 394 g/mol. The van der Waals surface area contributed by atoms with Crippen molar-refractivity contribution in [1.29, 1.82) is 0 Å². The van der Waals surface area contributed by atoms with Crippen LogP contribution in [0, 0.1) is 0 Å². The second-order valence-electron chi connectivity index (χ2n) is 7.20. The van der Waals surface area contributed by atoms with E-state index in [1.165, 1.54) is 10.8 Å². The van der Waals surface area contributed by atoms with E-state index in [0.29, 0.717) is 6.54 Å². The molecule has 0 aliphatic carbocycles. The van der Waals surface area contributed by atoms with Gasteiger partial charge in [0.2, 0.25) is 6.79 Å². The molecule has 6 rings (SSSR count). The summed E-state index contributed by atoms with van der Waals surface area (Å²) in [5.74, 6) is 2.35. The van der Waals surface area contributed by atoms with Crippen molar-refractivity contribution in [3.05, 3.63) is 84.6 Å². The van der Waals surface area contributed by atoms with E-state index < -0.39 is 0 Å². The summed E-state index contributed by atoms with van der Waals surface area (Å²) in [5.41, 5.74) is 3.99. The number of hydrogen-bond acceptors (Lipinski definition) is 5. The molecule has 0 unspecified atom stereocenters. The summed E-state index contributed by atoms with van der Waals surface area (Å²) in [5, 5.41) is 10.6. The molecule has 0 fully saturated rings. The molecule has 0 radical (unpaired) electrons. The first-order chi connectivity index (χ1) is 14.8. The minimum absolute atomic E-state index is 0.280. The third-order valence-electron chi connectivity index (χ3n) is 5.34. The molecular formula is C24H18N4O2. The van der Waals surface area contributed by atoms with Crippen LogP contribution < -0.4 is 14.8 Å². The van der Waals surface area contributed by atoms with Crippen molar-refractivity contribution in [1.82, 2.24) is 14.6 Å². The molecule has 2 aromatic heterocycles. The number of rotatable bonds is 4. The van der Waals surface area contributed by atoms with E-state index in [2.05, 4.69) is 52.8 Å². The molecule has 0 saturated heterocycles. The summed E-state index contributed by atoms with van der Waals surface area (Å²) in [4.78, 5) is 4.54. The SMILES string of the molecule is c1ccc2c(-c3cnc4ccc(NCc5ccc6c(c5)OCO6)nn34)cccc2c1. The molecule has 0 atom stereocenters. The second kappa shape index (κ2) is 6.77. The summed E-state index contributed by atoms with van der Waals surface area (Å²) in [7, 11) is 0. The number of benzene rings is 3. The minimum Gasteiger partial charge on any atom is -0.454 e. The Bertz CT molecular complexity index is 1390. The molecule has 1 N–H and O–H groups in total. The van der Waals surface area contributed by atoms with Gasteiger partial charge < -0.3 is 14.8 Å². The first-order valence-electron chi connectivity index (χ1n) is 9.80. The Hall–Kier alpha value is -4.06. The number of aromatic nitrogens is 3. The fraction of sp³-hybridized carbons (Fsp3) is 0.0833. The van der Waals surface area contributed by atoms with E-state index in [1.54, 1.807) is 0 Å². The van der Waals surface area contributed by atoms with Crippen LogP contribution in [0.15, 0.2) is 79.0 Å². The number of hydrogen-bond donors (Lipinski definition) is 1. The highest BCUT2D eigenvalue weighted by Crippen LogP contribution is 2.33. The number of nitrogens with zero attached hydrogens (tertiary/aromatic N) is 3. The van der Waals surface area contributed by atoms with Crippen molar-refractivity contribution in [2.45, 2.75) is 6.54 Å². The third-order valence-corrected chi connectivity index (χ3v) is 5.34. The van der Waals surface area contributed by atoms with Crippen molar-refractivity contribution < 1.29 is 9.47 Å². The van der Waals surface area contributed by atoms with Crippen molar-refractivity contribution in [3.8, 4) is 22.8 Å². The zero-order chi connectivity index (χ0) is 19.9. The summed E-state index contributed by atoms with van der Waals surface area (Å²) >= 11 is 0. The highest BCUT2D eigenvalue weighted by atomic mass is 16.7. The van der Waals surface area contributed by atoms with Crippen molar-refractivity contribution in [2.24, 2.45) is 0 Å². The van der Waals surface area contributed by atoms with Gasteiger partial charge in [-0.3, -0.25) is 0 Å². The minimum atomic E-state index is 0.280. The van der Waals surface area contributed by atoms with Crippen molar-refractivity contribution >= 4 is 22.2 Å². The molecule has 0 bridgehead atoms. The Balaban J connectivity index is 1.34. The van der Waals surface area contributed by atoms with Crippen LogP contribution >= 0.6 is 0 Å². The van der Waals surface area contributed by atoms with E-state index in [1.807, 2.05) is 41.0 Å². The largest absolute Gasteiger partial charge is 0.454 e. The van der Waals surface area contributed by atoms with Crippen LogP contribution in [0.5, 0.6) is 11.5 Å². The molecule has 30 heavy (non-hydrogen) atoms. The van der Waals surface area contributed by atoms with Crippen LogP contribution in [0.3, 0.4) is 0 Å². The van der Waals surface area contributed by atoms with E-state index in [9.17, 15) is 0 Å². The monoisotopic (exact) mass is 394 g/mol. The molecule has 6 heteroatoms. The topological polar surface area (TPSA) is 60.7 Å². The van der Waals surface area contributed by atoms with Crippen LogP contribution in [0.4, 0.5) is 5.82 Å². The molecule has 3 heterocycles. The summed E-state index contributed by atoms with van der Waals surface area (Å²) in [6, 6.07) is 24.5. The summed E-state index contributed by atoms with van der Waals surface area (Å²) in [6.07, 6.45) is 1.88. The van der Waals surface area contributed by atoms with Gasteiger partial charge in [-0.15, -0.1) is 5.10 Å². The van der Waals surface area contributed by atoms with E-state index in [-0.39, 0.29) is 6.79 Å². The van der Waals surface area contributed by atoms with Crippen LogP contribution in [0.1, 0.15) is 5.56 Å². The number of anilines is 1. The van der Waals surface area contributed by atoms with E-state index >= 15 is 0 Å². The van der Waals surface area contributed by atoms with Gasteiger partial charge in [-0.1, -0.05) is 48.5 Å². The Morgan fingerprint density at radius 3 is 2.80 bits per heavy atom. The van der Waals surface area contributed by atoms with Gasteiger partial charge in [0, 0.05) is 12.1 Å². The van der Waals surface area contributed by atoms with Crippen molar-refractivity contribution in [3.63, 3.8) is 0 Å². The maximum absolute atomic E-state index is 5.46. The zero-order valence-electron chi connectivity index (χ0n) is 16.1. The lowest BCUT2D eigenvalue weighted by molar-refractivity contribution is 0.174. The molecule has 1 aliphatic rings. The highest BCUT2D eigenvalue weighted by molar-refractivity contribution is 5.96. The predicted molar refractivity (Wildman–Crippen MR) is 116 cm³/mol. The molecule has 3 aromatic carbocycles. The number of nitrogens with one attached hydrogen (secondary N) is 1. The Labute approximate surface area is 172 Å². The van der Waals surface area contributed by atoms with E-state index in [0.717, 1.165) is 39.8 Å². The van der Waals surface area contributed by atoms with Crippen LogP contribution in [-0.2, 0) is 6.54 Å². The highest BCUT2D eigenvalue weighted by Gasteiger charge is 2.14. The van der Waals surface area contributed by atoms with Crippen LogP contribution in [0.2, 0.25) is 0 Å². The molecule has 5 aromatic rings. The van der Waals surface area contributed by atoms with Gasteiger partial charge in [-0.05, 0) is 40.6 Å². The fourth-order valence-electron chi connectivity index (χ4n) is 3.84. The fourth-order valence-corrected chi connectivity index (χ4v) is 3.84. The van der Waals surface area contributed by atoms with Gasteiger partial charge in [0.15, 0.2) is 17.1 Å². The maximum atomic E-state index is 5.46. The molecule has 0 spiro atoms. The predicted octanol–water partition coefficient (Wildman–Crippen LogP) is 4.89. The Morgan fingerprint density at radius 1 is 0.900 bits per heavy atom. The zero-order valence-corrected chi connectivity index (χ0v) is 16.1.